The number of nitrogens with zero attached hydrogens (tertiary/aromatic N) is 4. The van der Waals surface area contributed by atoms with Crippen LogP contribution in [0.15, 0.2) is 6.07 Å². The normalized spacial score (nSPS) is 17.7. The molecule has 5 heteroatoms. The van der Waals surface area contributed by atoms with Gasteiger partial charge in [-0.25, -0.2) is 9.97 Å². The van der Waals surface area contributed by atoms with Gasteiger partial charge >= 0.3 is 0 Å². The van der Waals surface area contributed by atoms with Gasteiger partial charge in [-0.05, 0) is 33.0 Å². The Hall–Kier alpha value is -1.67. The molecule has 17 heavy (non-hydrogen) atoms. The molecule has 2 heterocycles. The number of rotatable bonds is 2. The first kappa shape index (κ1) is 11.8. The molecule has 1 aromatic rings. The summed E-state index contributed by atoms with van der Waals surface area (Å²) in [5.41, 5.74) is 0.443. The van der Waals surface area contributed by atoms with E-state index >= 15 is 0 Å². The third-order valence-corrected chi connectivity index (χ3v) is 3.20. The van der Waals surface area contributed by atoms with Crippen LogP contribution in [0.3, 0.4) is 0 Å². The van der Waals surface area contributed by atoms with Gasteiger partial charge in [-0.1, -0.05) is 0 Å². The highest BCUT2D eigenvalue weighted by Gasteiger charge is 2.21. The summed E-state index contributed by atoms with van der Waals surface area (Å²) in [6, 6.07) is 3.77. The lowest BCUT2D eigenvalue weighted by Crippen LogP contribution is -2.30. The zero-order valence-electron chi connectivity index (χ0n) is 10.3. The van der Waals surface area contributed by atoms with Crippen LogP contribution >= 0.6 is 0 Å². The van der Waals surface area contributed by atoms with Crippen molar-refractivity contribution in [1.82, 2.24) is 14.9 Å². The molecule has 0 radical (unpaired) electrons. The van der Waals surface area contributed by atoms with Crippen molar-refractivity contribution in [2.24, 2.45) is 0 Å². The Balaban J connectivity index is 2.23. The maximum absolute atomic E-state index is 8.95. The number of nitrogens with one attached hydrogen (secondary N) is 1. The van der Waals surface area contributed by atoms with Gasteiger partial charge < -0.3 is 10.2 Å². The van der Waals surface area contributed by atoms with Crippen LogP contribution in [0.4, 0.5) is 5.82 Å². The number of piperidine rings is 1. The van der Waals surface area contributed by atoms with E-state index in [1.807, 2.05) is 7.05 Å². The largest absolute Gasteiger partial charge is 0.373 e. The van der Waals surface area contributed by atoms with Crippen molar-refractivity contribution in [3.63, 3.8) is 0 Å². The highest BCUT2D eigenvalue weighted by atomic mass is 15.1. The smallest absolute Gasteiger partial charge is 0.146 e. The van der Waals surface area contributed by atoms with Gasteiger partial charge in [0.25, 0.3) is 0 Å². The lowest BCUT2D eigenvalue weighted by molar-refractivity contribution is 0.251. The van der Waals surface area contributed by atoms with Gasteiger partial charge in [-0.2, -0.15) is 5.26 Å². The van der Waals surface area contributed by atoms with Crippen molar-refractivity contribution in [3.8, 4) is 6.07 Å². The molecule has 0 amide bonds. The zero-order chi connectivity index (χ0) is 12.3. The van der Waals surface area contributed by atoms with Crippen LogP contribution in [-0.4, -0.2) is 42.1 Å². The van der Waals surface area contributed by atoms with Crippen LogP contribution in [0.1, 0.15) is 30.3 Å². The molecule has 1 aliphatic rings. The van der Waals surface area contributed by atoms with Crippen molar-refractivity contribution in [1.29, 1.82) is 5.26 Å². The van der Waals surface area contributed by atoms with Crippen LogP contribution in [0, 0.1) is 11.3 Å². The first-order valence-electron chi connectivity index (χ1n) is 5.88. The van der Waals surface area contributed by atoms with E-state index in [4.69, 9.17) is 5.26 Å². The Morgan fingerprint density at radius 2 is 2.12 bits per heavy atom. The second kappa shape index (κ2) is 5.11. The van der Waals surface area contributed by atoms with E-state index in [0.29, 0.717) is 11.6 Å². The van der Waals surface area contributed by atoms with Crippen molar-refractivity contribution in [2.45, 2.75) is 18.8 Å². The summed E-state index contributed by atoms with van der Waals surface area (Å²) in [6.45, 7) is 2.14. The standard InChI is InChI=1S/C12H17N5/c1-14-11-7-10(8-13)15-12(16-11)9-3-5-17(2)6-4-9/h7,9H,3-6H2,1-2H3,(H,14,15,16). The first-order chi connectivity index (χ1) is 8.22. The Morgan fingerprint density at radius 3 is 2.71 bits per heavy atom. The summed E-state index contributed by atoms with van der Waals surface area (Å²) in [7, 11) is 3.93. The summed E-state index contributed by atoms with van der Waals surface area (Å²) in [5.74, 6) is 1.92. The molecule has 1 fully saturated rings. The second-order valence-corrected chi connectivity index (χ2v) is 4.44. The topological polar surface area (TPSA) is 64.8 Å². The van der Waals surface area contributed by atoms with E-state index in [2.05, 4.69) is 33.3 Å². The van der Waals surface area contributed by atoms with Crippen LogP contribution in [0.2, 0.25) is 0 Å². The SMILES string of the molecule is CNc1cc(C#N)nc(C2CCN(C)CC2)n1. The molecular formula is C12H17N5. The predicted octanol–water partition coefficient (Wildman–Crippen LogP) is 1.20. The third kappa shape index (κ3) is 2.71. The van der Waals surface area contributed by atoms with Crippen LogP contribution in [0.25, 0.3) is 0 Å². The van der Waals surface area contributed by atoms with E-state index in [1.165, 1.54) is 0 Å². The van der Waals surface area contributed by atoms with Gasteiger partial charge in [-0.15, -0.1) is 0 Å². The Kier molecular flexibility index (Phi) is 3.55. The Morgan fingerprint density at radius 1 is 1.41 bits per heavy atom. The highest BCUT2D eigenvalue weighted by molar-refractivity contribution is 5.39. The first-order valence-corrected chi connectivity index (χ1v) is 5.88. The maximum Gasteiger partial charge on any atom is 0.146 e. The highest BCUT2D eigenvalue weighted by Crippen LogP contribution is 2.25. The fourth-order valence-electron chi connectivity index (χ4n) is 2.10. The van der Waals surface area contributed by atoms with Crippen LogP contribution in [-0.2, 0) is 0 Å². The molecule has 1 N–H and O–H groups in total. The summed E-state index contributed by atoms with van der Waals surface area (Å²) in [6.07, 6.45) is 2.13. The minimum Gasteiger partial charge on any atom is -0.373 e. The average molecular weight is 231 g/mol. The molecule has 0 spiro atoms. The number of aromatic nitrogens is 2. The van der Waals surface area contributed by atoms with E-state index < -0.39 is 0 Å². The van der Waals surface area contributed by atoms with Crippen molar-refractivity contribution >= 4 is 5.82 Å². The quantitative estimate of drug-likeness (QED) is 0.828. The molecule has 1 saturated heterocycles. The number of hydrogen-bond donors (Lipinski definition) is 1. The van der Waals surface area contributed by atoms with Gasteiger partial charge in [0.2, 0.25) is 0 Å². The molecule has 1 aliphatic heterocycles. The van der Waals surface area contributed by atoms with E-state index in [1.54, 1.807) is 6.07 Å². The summed E-state index contributed by atoms with van der Waals surface area (Å²) < 4.78 is 0. The lowest BCUT2D eigenvalue weighted by Gasteiger charge is -2.28. The van der Waals surface area contributed by atoms with Crippen LogP contribution < -0.4 is 5.32 Å². The Bertz CT molecular complexity index is 429. The molecule has 0 atom stereocenters. The summed E-state index contributed by atoms with van der Waals surface area (Å²) >= 11 is 0. The van der Waals surface area contributed by atoms with Gasteiger partial charge in [0.1, 0.15) is 23.4 Å². The van der Waals surface area contributed by atoms with Crippen molar-refractivity contribution < 1.29 is 0 Å². The minimum absolute atomic E-state index is 0.381. The predicted molar refractivity (Wildman–Crippen MR) is 65.8 cm³/mol. The zero-order valence-corrected chi connectivity index (χ0v) is 10.3. The van der Waals surface area contributed by atoms with Gasteiger partial charge in [-0.3, -0.25) is 0 Å². The lowest BCUT2D eigenvalue weighted by atomic mass is 9.96. The van der Waals surface area contributed by atoms with E-state index in [0.717, 1.165) is 37.6 Å². The van der Waals surface area contributed by atoms with Gasteiger partial charge in [0.15, 0.2) is 0 Å². The minimum atomic E-state index is 0.381. The molecule has 5 nitrogen and oxygen atoms in total. The molecule has 0 aliphatic carbocycles. The second-order valence-electron chi connectivity index (χ2n) is 4.44. The number of hydrogen-bond acceptors (Lipinski definition) is 5. The molecule has 90 valence electrons. The van der Waals surface area contributed by atoms with E-state index in [9.17, 15) is 0 Å². The molecule has 0 saturated carbocycles. The number of anilines is 1. The number of nitriles is 1. The number of likely N-dealkylation sites (tertiary alicyclic amines) is 1. The van der Waals surface area contributed by atoms with Crippen LogP contribution in [0.5, 0.6) is 0 Å². The fourth-order valence-corrected chi connectivity index (χ4v) is 2.10. The molecule has 1 aromatic heterocycles. The van der Waals surface area contributed by atoms with Crippen molar-refractivity contribution in [2.75, 3.05) is 32.5 Å². The van der Waals surface area contributed by atoms with Crippen molar-refractivity contribution in [3.05, 3.63) is 17.6 Å². The Labute approximate surface area is 101 Å². The van der Waals surface area contributed by atoms with Gasteiger partial charge in [0, 0.05) is 19.0 Å². The molecular weight excluding hydrogens is 214 g/mol. The third-order valence-electron chi connectivity index (χ3n) is 3.20. The summed E-state index contributed by atoms with van der Waals surface area (Å²) in [4.78, 5) is 11.1. The fraction of sp³-hybridized carbons (Fsp3) is 0.583. The maximum atomic E-state index is 8.95. The summed E-state index contributed by atoms with van der Waals surface area (Å²) in [5, 5.41) is 11.9. The molecule has 0 aromatic carbocycles. The molecule has 0 unspecified atom stereocenters. The molecule has 0 bridgehead atoms. The van der Waals surface area contributed by atoms with E-state index in [-0.39, 0.29) is 0 Å². The van der Waals surface area contributed by atoms with Gasteiger partial charge in [0.05, 0.1) is 0 Å². The monoisotopic (exact) mass is 231 g/mol. The average Bonchev–Trinajstić information content (AvgIpc) is 2.39. The molecule has 2 rings (SSSR count).